The highest BCUT2D eigenvalue weighted by Gasteiger charge is 2.28. The van der Waals surface area contributed by atoms with Crippen molar-refractivity contribution in [1.29, 1.82) is 0 Å². The zero-order valence-electron chi connectivity index (χ0n) is 19.6. The normalized spacial score (nSPS) is 11.9. The highest BCUT2D eigenvalue weighted by molar-refractivity contribution is 7.92. The molecule has 34 heavy (non-hydrogen) atoms. The number of esters is 1. The number of pyridine rings is 1. The van der Waals surface area contributed by atoms with E-state index in [-0.39, 0.29) is 17.5 Å². The largest absolute Gasteiger partial charge is 0.497 e. The van der Waals surface area contributed by atoms with Crippen molar-refractivity contribution >= 4 is 27.3 Å². The van der Waals surface area contributed by atoms with E-state index in [0.29, 0.717) is 28.1 Å². The average Bonchev–Trinajstić information content (AvgIpc) is 2.83. The van der Waals surface area contributed by atoms with Crippen LogP contribution in [0.5, 0.6) is 5.75 Å². The summed E-state index contributed by atoms with van der Waals surface area (Å²) in [5.41, 5.74) is 2.43. The molecule has 3 rings (SSSR count). The van der Waals surface area contributed by atoms with E-state index in [1.165, 1.54) is 29.6 Å². The van der Waals surface area contributed by atoms with Crippen molar-refractivity contribution in [2.45, 2.75) is 31.7 Å². The minimum absolute atomic E-state index is 0.155. The quantitative estimate of drug-likeness (QED) is 0.326. The Morgan fingerprint density at radius 1 is 1.06 bits per heavy atom. The zero-order valence-corrected chi connectivity index (χ0v) is 20.5. The monoisotopic (exact) mass is 480 g/mol. The molecule has 0 bridgehead atoms. The Hall–Kier alpha value is -3.65. The molecule has 0 saturated heterocycles. The van der Waals surface area contributed by atoms with Crippen molar-refractivity contribution in [1.82, 2.24) is 4.98 Å². The number of hydrogen-bond donors (Lipinski definition) is 0. The lowest BCUT2D eigenvalue weighted by atomic mass is 9.98. The van der Waals surface area contributed by atoms with E-state index < -0.39 is 16.0 Å². The van der Waals surface area contributed by atoms with Gasteiger partial charge in [-0.25, -0.2) is 13.2 Å². The molecule has 0 amide bonds. The van der Waals surface area contributed by atoms with Crippen molar-refractivity contribution in [3.8, 4) is 5.75 Å². The maximum absolute atomic E-state index is 13.6. The first kappa shape index (κ1) is 25.0. The molecule has 0 aliphatic rings. The number of methoxy groups -OCH3 is 1. The summed E-state index contributed by atoms with van der Waals surface area (Å²) >= 11 is 0. The van der Waals surface area contributed by atoms with Crippen LogP contribution in [-0.2, 0) is 19.6 Å². The fourth-order valence-corrected chi connectivity index (χ4v) is 5.20. The number of carbonyl (C=O) groups is 1. The lowest BCUT2D eigenvalue weighted by Crippen LogP contribution is -2.37. The molecule has 1 heterocycles. The molecule has 178 valence electrons. The number of nitrogens with zero attached hydrogens (tertiary/aromatic N) is 2. The Kier molecular flexibility index (Phi) is 8.07. The number of rotatable bonds is 9. The standard InChI is InChI=1S/C26H28N2O5S/c1-5-33-26(29)17-25(21-9-7-15-27-18-21)20-8-6-10-22(16-20)28(19(2)3)34(30,31)24-13-11-23(32-4)12-14-24/h6-19H,5H2,1-4H3. The summed E-state index contributed by atoms with van der Waals surface area (Å²) in [7, 11) is -2.34. The minimum Gasteiger partial charge on any atom is -0.497 e. The van der Waals surface area contributed by atoms with Crippen molar-refractivity contribution in [2.75, 3.05) is 18.0 Å². The molecule has 0 fully saturated rings. The van der Waals surface area contributed by atoms with Gasteiger partial charge in [-0.15, -0.1) is 0 Å². The molecule has 0 radical (unpaired) electrons. The number of benzene rings is 2. The van der Waals surface area contributed by atoms with Crippen molar-refractivity contribution < 1.29 is 22.7 Å². The third kappa shape index (κ3) is 5.63. The molecule has 8 heteroatoms. The number of anilines is 1. The maximum Gasteiger partial charge on any atom is 0.331 e. The van der Waals surface area contributed by atoms with E-state index in [9.17, 15) is 13.2 Å². The van der Waals surface area contributed by atoms with Crippen LogP contribution in [0.3, 0.4) is 0 Å². The summed E-state index contributed by atoms with van der Waals surface area (Å²) < 4.78 is 38.8. The third-order valence-corrected chi connectivity index (χ3v) is 7.04. The summed E-state index contributed by atoms with van der Waals surface area (Å²) in [5, 5.41) is 0. The fourth-order valence-electron chi connectivity index (χ4n) is 3.54. The Morgan fingerprint density at radius 3 is 2.35 bits per heavy atom. The summed E-state index contributed by atoms with van der Waals surface area (Å²) in [6.45, 7) is 5.60. The smallest absolute Gasteiger partial charge is 0.331 e. The first-order chi connectivity index (χ1) is 16.3. The van der Waals surface area contributed by atoms with Crippen LogP contribution in [-0.4, -0.2) is 39.1 Å². The second kappa shape index (κ2) is 11.0. The SMILES string of the molecule is CCOC(=O)C=C(c1cccnc1)c1cccc(N(C(C)C)S(=O)(=O)c2ccc(OC)cc2)c1. The van der Waals surface area contributed by atoms with E-state index in [1.807, 2.05) is 26.0 Å². The second-order valence-electron chi connectivity index (χ2n) is 7.67. The first-order valence-corrected chi connectivity index (χ1v) is 12.3. The minimum atomic E-state index is -3.86. The van der Waals surface area contributed by atoms with E-state index in [4.69, 9.17) is 9.47 Å². The van der Waals surface area contributed by atoms with Crippen molar-refractivity contribution in [2.24, 2.45) is 0 Å². The zero-order chi connectivity index (χ0) is 24.7. The lowest BCUT2D eigenvalue weighted by molar-refractivity contribution is -0.137. The van der Waals surface area contributed by atoms with Crippen LogP contribution in [0.2, 0.25) is 0 Å². The van der Waals surface area contributed by atoms with Gasteiger partial charge in [-0.2, -0.15) is 0 Å². The highest BCUT2D eigenvalue weighted by atomic mass is 32.2. The van der Waals surface area contributed by atoms with E-state index in [1.54, 1.807) is 55.7 Å². The second-order valence-corrected chi connectivity index (χ2v) is 9.49. The van der Waals surface area contributed by atoms with Gasteiger partial charge < -0.3 is 9.47 Å². The number of carbonyl (C=O) groups excluding carboxylic acids is 1. The average molecular weight is 481 g/mol. The Labute approximate surface area is 200 Å². The van der Waals surface area contributed by atoms with Crippen LogP contribution < -0.4 is 9.04 Å². The molecule has 3 aromatic rings. The summed E-state index contributed by atoms with van der Waals surface area (Å²) in [5.74, 6) is 0.0839. The first-order valence-electron chi connectivity index (χ1n) is 10.9. The summed E-state index contributed by atoms with van der Waals surface area (Å²) in [6, 6.07) is 16.6. The molecule has 7 nitrogen and oxygen atoms in total. The lowest BCUT2D eigenvalue weighted by Gasteiger charge is -2.29. The Morgan fingerprint density at radius 2 is 1.76 bits per heavy atom. The Balaban J connectivity index is 2.10. The van der Waals surface area contributed by atoms with Crippen LogP contribution in [0, 0.1) is 0 Å². The molecule has 0 aliphatic carbocycles. The van der Waals surface area contributed by atoms with Gasteiger partial charge in [-0.05, 0) is 74.4 Å². The summed E-state index contributed by atoms with van der Waals surface area (Å²) in [4.78, 5) is 16.6. The molecule has 0 aliphatic heterocycles. The predicted molar refractivity (Wildman–Crippen MR) is 132 cm³/mol. The molecule has 1 aromatic heterocycles. The highest BCUT2D eigenvalue weighted by Crippen LogP contribution is 2.31. The van der Waals surface area contributed by atoms with Crippen LogP contribution in [0.15, 0.2) is 84.0 Å². The molecule has 0 spiro atoms. The van der Waals surface area contributed by atoms with Gasteiger partial charge in [0.2, 0.25) is 0 Å². The van der Waals surface area contributed by atoms with Crippen LogP contribution in [0.4, 0.5) is 5.69 Å². The topological polar surface area (TPSA) is 85.8 Å². The van der Waals surface area contributed by atoms with E-state index in [2.05, 4.69) is 4.98 Å². The predicted octanol–water partition coefficient (Wildman–Crippen LogP) is 4.69. The van der Waals surface area contributed by atoms with Crippen LogP contribution >= 0.6 is 0 Å². The van der Waals surface area contributed by atoms with Gasteiger partial charge in [-0.3, -0.25) is 9.29 Å². The van der Waals surface area contributed by atoms with Crippen LogP contribution in [0.25, 0.3) is 5.57 Å². The van der Waals surface area contributed by atoms with Gasteiger partial charge >= 0.3 is 5.97 Å². The molecule has 0 atom stereocenters. The third-order valence-electron chi connectivity index (χ3n) is 5.02. The van der Waals surface area contributed by atoms with Gasteiger partial charge in [0.25, 0.3) is 10.0 Å². The molecule has 2 aromatic carbocycles. The molecule has 0 saturated carbocycles. The molecular formula is C26H28N2O5S. The van der Waals surface area contributed by atoms with Gasteiger partial charge in [0.15, 0.2) is 0 Å². The molecule has 0 N–H and O–H groups in total. The number of ether oxygens (including phenoxy) is 2. The molecular weight excluding hydrogens is 452 g/mol. The van der Waals surface area contributed by atoms with Gasteiger partial charge in [-0.1, -0.05) is 18.2 Å². The van der Waals surface area contributed by atoms with E-state index >= 15 is 0 Å². The summed E-state index contributed by atoms with van der Waals surface area (Å²) in [6.07, 6.45) is 4.69. The maximum atomic E-state index is 13.6. The Bertz CT molecular complexity index is 1250. The van der Waals surface area contributed by atoms with Crippen LogP contribution in [0.1, 0.15) is 31.9 Å². The van der Waals surface area contributed by atoms with Gasteiger partial charge in [0, 0.05) is 30.1 Å². The van der Waals surface area contributed by atoms with E-state index in [0.717, 1.165) is 0 Å². The van der Waals surface area contributed by atoms with Gasteiger partial charge in [0.1, 0.15) is 5.75 Å². The van der Waals surface area contributed by atoms with Crippen molar-refractivity contribution in [3.63, 3.8) is 0 Å². The fraction of sp³-hybridized carbons (Fsp3) is 0.231. The molecule has 0 unspecified atom stereocenters. The van der Waals surface area contributed by atoms with Gasteiger partial charge in [0.05, 0.1) is 24.3 Å². The number of aromatic nitrogens is 1. The number of sulfonamides is 1. The van der Waals surface area contributed by atoms with Crippen molar-refractivity contribution in [3.05, 3.63) is 90.3 Å². The number of hydrogen-bond acceptors (Lipinski definition) is 6.